The van der Waals surface area contributed by atoms with E-state index >= 15 is 0 Å². The zero-order valence-corrected chi connectivity index (χ0v) is 17.2. The summed E-state index contributed by atoms with van der Waals surface area (Å²) in [6.45, 7) is 4.97. The number of hydrogen-bond acceptors (Lipinski definition) is 6. The fraction of sp³-hybridized carbons (Fsp3) is 0.632. The van der Waals surface area contributed by atoms with Gasteiger partial charge >= 0.3 is 7.60 Å². The summed E-state index contributed by atoms with van der Waals surface area (Å²) >= 11 is 0. The number of carbonyl (C=O) groups is 1. The van der Waals surface area contributed by atoms with Gasteiger partial charge in [0, 0.05) is 33.0 Å². The highest BCUT2D eigenvalue weighted by Crippen LogP contribution is 2.51. The number of benzene rings is 1. The van der Waals surface area contributed by atoms with Crippen LogP contribution < -0.4 is 0 Å². The number of aryl methyl sites for hydroxylation is 2. The standard InChI is InChI=1S/C19H31O6P/c1-5-24-26(21,25-6-2)19(20)18-14-16(9-7-11-22-3)13-17(15-18)10-8-12-23-4/h13-15H,5-12H2,1-4H3. The van der Waals surface area contributed by atoms with Crippen molar-refractivity contribution < 1.29 is 27.9 Å². The average Bonchev–Trinajstić information content (AvgIpc) is 2.62. The second-order valence-electron chi connectivity index (χ2n) is 5.87. The van der Waals surface area contributed by atoms with Crippen LogP contribution in [0.3, 0.4) is 0 Å². The minimum Gasteiger partial charge on any atom is -0.385 e. The summed E-state index contributed by atoms with van der Waals surface area (Å²) in [5.41, 5.74) is 1.82. The largest absolute Gasteiger partial charge is 0.401 e. The maximum absolute atomic E-state index is 12.8. The van der Waals surface area contributed by atoms with Crippen molar-refractivity contribution in [3.05, 3.63) is 34.9 Å². The van der Waals surface area contributed by atoms with E-state index in [1.807, 2.05) is 0 Å². The summed E-state index contributed by atoms with van der Waals surface area (Å²) in [7, 11) is -0.497. The molecule has 0 N–H and O–H groups in total. The predicted octanol–water partition coefficient (Wildman–Crippen LogP) is 4.25. The lowest BCUT2D eigenvalue weighted by atomic mass is 10.00. The third kappa shape index (κ3) is 7.29. The van der Waals surface area contributed by atoms with Gasteiger partial charge in [-0.3, -0.25) is 9.36 Å². The number of hydrogen-bond donors (Lipinski definition) is 0. The molecule has 0 fully saturated rings. The summed E-state index contributed by atoms with van der Waals surface area (Å²) in [5, 5.41) is 0. The molecule has 7 heteroatoms. The van der Waals surface area contributed by atoms with Crippen LogP contribution >= 0.6 is 7.60 Å². The van der Waals surface area contributed by atoms with Crippen LogP contribution in [0, 0.1) is 0 Å². The summed E-state index contributed by atoms with van der Waals surface area (Å²) in [5.74, 6) is 0. The fourth-order valence-electron chi connectivity index (χ4n) is 2.67. The van der Waals surface area contributed by atoms with E-state index in [2.05, 4.69) is 6.07 Å². The Morgan fingerprint density at radius 2 is 1.35 bits per heavy atom. The van der Waals surface area contributed by atoms with Gasteiger partial charge in [0.2, 0.25) is 0 Å². The smallest absolute Gasteiger partial charge is 0.385 e. The van der Waals surface area contributed by atoms with Gasteiger partial charge in [0.25, 0.3) is 5.52 Å². The Morgan fingerprint density at radius 3 is 1.73 bits per heavy atom. The molecule has 1 aromatic carbocycles. The van der Waals surface area contributed by atoms with Crippen molar-refractivity contribution >= 4 is 13.1 Å². The van der Waals surface area contributed by atoms with E-state index in [4.69, 9.17) is 18.5 Å². The average molecular weight is 386 g/mol. The quantitative estimate of drug-likeness (QED) is 0.352. The molecule has 0 aliphatic heterocycles. The Balaban J connectivity index is 3.12. The first-order valence-corrected chi connectivity index (χ1v) is 10.6. The Morgan fingerprint density at radius 1 is 0.885 bits per heavy atom. The summed E-state index contributed by atoms with van der Waals surface area (Å²) in [6, 6.07) is 5.64. The summed E-state index contributed by atoms with van der Waals surface area (Å²) in [6.07, 6.45) is 3.25. The van der Waals surface area contributed by atoms with Crippen LogP contribution in [0.1, 0.15) is 48.2 Å². The molecule has 0 amide bonds. The van der Waals surface area contributed by atoms with Crippen LogP contribution in [0.4, 0.5) is 0 Å². The molecule has 0 unspecified atom stereocenters. The van der Waals surface area contributed by atoms with Crippen molar-refractivity contribution in [1.82, 2.24) is 0 Å². The molecule has 1 rings (SSSR count). The van der Waals surface area contributed by atoms with Crippen LogP contribution in [0.25, 0.3) is 0 Å². The molecule has 0 atom stereocenters. The highest BCUT2D eigenvalue weighted by atomic mass is 31.2. The Labute approximate surface area is 156 Å². The highest BCUT2D eigenvalue weighted by Gasteiger charge is 2.35. The van der Waals surface area contributed by atoms with Gasteiger partial charge in [0.15, 0.2) is 0 Å². The molecular weight excluding hydrogens is 355 g/mol. The van der Waals surface area contributed by atoms with Crippen molar-refractivity contribution in [3.63, 3.8) is 0 Å². The van der Waals surface area contributed by atoms with E-state index in [0.717, 1.165) is 36.8 Å². The molecule has 0 saturated heterocycles. The van der Waals surface area contributed by atoms with Crippen molar-refractivity contribution in [3.8, 4) is 0 Å². The number of methoxy groups -OCH3 is 2. The van der Waals surface area contributed by atoms with E-state index in [1.54, 1.807) is 40.2 Å². The molecule has 6 nitrogen and oxygen atoms in total. The van der Waals surface area contributed by atoms with Crippen molar-refractivity contribution in [1.29, 1.82) is 0 Å². The zero-order chi connectivity index (χ0) is 19.4. The first-order chi connectivity index (χ1) is 12.5. The summed E-state index contributed by atoms with van der Waals surface area (Å²) < 4.78 is 33.4. The van der Waals surface area contributed by atoms with Crippen molar-refractivity contribution in [2.75, 3.05) is 40.6 Å². The van der Waals surface area contributed by atoms with Gasteiger partial charge in [-0.2, -0.15) is 0 Å². The zero-order valence-electron chi connectivity index (χ0n) is 16.3. The molecule has 0 spiro atoms. The molecule has 0 radical (unpaired) electrons. The molecular formula is C19H31O6P. The molecule has 148 valence electrons. The van der Waals surface area contributed by atoms with Crippen LogP contribution in [0.2, 0.25) is 0 Å². The van der Waals surface area contributed by atoms with Crippen LogP contribution in [-0.2, 0) is 35.9 Å². The summed E-state index contributed by atoms with van der Waals surface area (Å²) in [4.78, 5) is 12.8. The maximum atomic E-state index is 12.8. The van der Waals surface area contributed by atoms with Gasteiger partial charge in [0.05, 0.1) is 13.2 Å². The van der Waals surface area contributed by atoms with Gasteiger partial charge in [-0.25, -0.2) is 0 Å². The molecule has 26 heavy (non-hydrogen) atoms. The van der Waals surface area contributed by atoms with Crippen molar-refractivity contribution in [2.24, 2.45) is 0 Å². The molecule has 0 saturated carbocycles. The van der Waals surface area contributed by atoms with E-state index in [9.17, 15) is 9.36 Å². The van der Waals surface area contributed by atoms with E-state index in [1.165, 1.54) is 0 Å². The third-order valence-corrected chi connectivity index (χ3v) is 5.73. The normalized spacial score (nSPS) is 11.7. The van der Waals surface area contributed by atoms with Crippen LogP contribution in [0.5, 0.6) is 0 Å². The molecule has 0 bridgehead atoms. The lowest BCUT2D eigenvalue weighted by Crippen LogP contribution is -2.09. The number of ether oxygens (including phenoxy) is 2. The number of carbonyl (C=O) groups excluding carboxylic acids is 1. The maximum Gasteiger partial charge on any atom is 0.401 e. The Bertz CT molecular complexity index is 563. The van der Waals surface area contributed by atoms with Gasteiger partial charge in [-0.15, -0.1) is 0 Å². The van der Waals surface area contributed by atoms with E-state index in [-0.39, 0.29) is 13.2 Å². The molecule has 0 aromatic heterocycles. The molecule has 0 aliphatic rings. The van der Waals surface area contributed by atoms with Crippen molar-refractivity contribution in [2.45, 2.75) is 39.5 Å². The molecule has 1 aromatic rings. The van der Waals surface area contributed by atoms with Gasteiger partial charge in [0.1, 0.15) is 0 Å². The third-order valence-electron chi connectivity index (χ3n) is 3.77. The minimum atomic E-state index is -3.82. The lowest BCUT2D eigenvalue weighted by Gasteiger charge is -2.17. The molecule has 0 heterocycles. The first-order valence-electron chi connectivity index (χ1n) is 9.05. The first kappa shape index (κ1) is 23.0. The van der Waals surface area contributed by atoms with E-state index < -0.39 is 13.1 Å². The van der Waals surface area contributed by atoms with Gasteiger partial charge in [-0.05, 0) is 62.8 Å². The monoisotopic (exact) mass is 386 g/mol. The SMILES string of the molecule is CCOP(=O)(OCC)C(=O)c1cc(CCCOC)cc(CCCOC)c1. The number of rotatable bonds is 14. The Kier molecular flexibility index (Phi) is 10.9. The second kappa shape index (κ2) is 12.4. The van der Waals surface area contributed by atoms with Crippen LogP contribution in [0.15, 0.2) is 18.2 Å². The second-order valence-corrected chi connectivity index (χ2v) is 7.79. The minimum absolute atomic E-state index is 0.150. The fourth-order valence-corrected chi connectivity index (χ4v) is 4.10. The Hall–Kier alpha value is -1.04. The van der Waals surface area contributed by atoms with Crippen LogP contribution in [-0.4, -0.2) is 46.2 Å². The highest BCUT2D eigenvalue weighted by molar-refractivity contribution is 7.72. The van der Waals surface area contributed by atoms with E-state index in [0.29, 0.717) is 18.8 Å². The van der Waals surface area contributed by atoms with Gasteiger partial charge in [-0.1, -0.05) is 6.07 Å². The predicted molar refractivity (Wildman–Crippen MR) is 102 cm³/mol. The lowest BCUT2D eigenvalue weighted by molar-refractivity contribution is 0.100. The van der Waals surface area contributed by atoms with Gasteiger partial charge < -0.3 is 18.5 Å². The topological polar surface area (TPSA) is 71.1 Å². The molecule has 0 aliphatic carbocycles.